The lowest BCUT2D eigenvalue weighted by Gasteiger charge is -2.35. The SMILES string of the molecule is CN1CNC(Nc2ccc(OCc3cccc(F)c3)c(Cl)c2)c2cc(C3CCC(CNCCS(C)(=O)=O)O3)ccc21. The molecule has 3 aromatic carbocycles. The van der Waals surface area contributed by atoms with Crippen molar-refractivity contribution in [1.82, 2.24) is 10.6 Å². The van der Waals surface area contributed by atoms with E-state index in [4.69, 9.17) is 21.1 Å². The standard InChI is InChI=1S/C30H36ClFN4O4S/c1-36-19-34-30(35-23-7-10-29(26(31)16-23)39-18-20-4-3-5-22(32)14-20)25-15-21(6-9-27(25)36)28-11-8-24(40-28)17-33-12-13-41(2,37)38/h3-7,9-10,14-16,24,28,30,33-35H,8,11-13,17-19H2,1-2H3. The van der Waals surface area contributed by atoms with Gasteiger partial charge in [-0.1, -0.05) is 29.8 Å². The molecule has 1 saturated heterocycles. The highest BCUT2D eigenvalue weighted by Gasteiger charge is 2.29. The van der Waals surface area contributed by atoms with Gasteiger partial charge in [-0.25, -0.2) is 12.8 Å². The Hall–Kier alpha value is -2.89. The molecule has 11 heteroatoms. The van der Waals surface area contributed by atoms with Crippen LogP contribution in [-0.2, 0) is 21.2 Å². The molecule has 0 spiro atoms. The number of halogens is 2. The normalized spacial score (nSPS) is 20.6. The fraction of sp³-hybridized carbons (Fsp3) is 0.400. The molecule has 2 aliphatic heterocycles. The van der Waals surface area contributed by atoms with E-state index in [0.717, 1.165) is 40.9 Å². The number of ether oxygens (including phenoxy) is 2. The van der Waals surface area contributed by atoms with Crippen molar-refractivity contribution < 1.29 is 22.3 Å². The Morgan fingerprint density at radius 3 is 2.78 bits per heavy atom. The molecule has 220 valence electrons. The maximum absolute atomic E-state index is 13.5. The molecule has 41 heavy (non-hydrogen) atoms. The predicted molar refractivity (Wildman–Crippen MR) is 161 cm³/mol. The molecule has 0 saturated carbocycles. The molecule has 5 rings (SSSR count). The minimum Gasteiger partial charge on any atom is -0.487 e. The van der Waals surface area contributed by atoms with Crippen molar-refractivity contribution in [3.8, 4) is 5.75 Å². The summed E-state index contributed by atoms with van der Waals surface area (Å²) in [7, 11) is -0.929. The lowest BCUT2D eigenvalue weighted by molar-refractivity contribution is 0.0452. The van der Waals surface area contributed by atoms with Gasteiger partial charge in [-0.3, -0.25) is 5.32 Å². The molecular weight excluding hydrogens is 567 g/mol. The van der Waals surface area contributed by atoms with Crippen molar-refractivity contribution >= 4 is 32.8 Å². The van der Waals surface area contributed by atoms with Gasteiger partial charge in [0.2, 0.25) is 0 Å². The zero-order valence-electron chi connectivity index (χ0n) is 23.2. The van der Waals surface area contributed by atoms with Crippen LogP contribution in [0.5, 0.6) is 5.75 Å². The zero-order valence-corrected chi connectivity index (χ0v) is 24.8. The second kappa shape index (κ2) is 13.0. The van der Waals surface area contributed by atoms with Crippen LogP contribution < -0.4 is 25.6 Å². The second-order valence-electron chi connectivity index (χ2n) is 10.7. The molecule has 0 amide bonds. The molecule has 0 bridgehead atoms. The Morgan fingerprint density at radius 1 is 1.15 bits per heavy atom. The van der Waals surface area contributed by atoms with Gasteiger partial charge in [0.25, 0.3) is 0 Å². The van der Waals surface area contributed by atoms with Gasteiger partial charge in [0.1, 0.15) is 34.2 Å². The van der Waals surface area contributed by atoms with Gasteiger partial charge in [0.05, 0.1) is 29.7 Å². The van der Waals surface area contributed by atoms with E-state index < -0.39 is 9.84 Å². The first-order valence-electron chi connectivity index (χ1n) is 13.7. The lowest BCUT2D eigenvalue weighted by Crippen LogP contribution is -2.42. The van der Waals surface area contributed by atoms with E-state index >= 15 is 0 Å². The third-order valence-corrected chi connectivity index (χ3v) is 8.57. The Labute approximate surface area is 246 Å². The summed E-state index contributed by atoms with van der Waals surface area (Å²) in [6.45, 7) is 1.96. The Morgan fingerprint density at radius 2 is 2.00 bits per heavy atom. The Bertz CT molecular complexity index is 1470. The van der Waals surface area contributed by atoms with Gasteiger partial charge in [-0.2, -0.15) is 0 Å². The van der Waals surface area contributed by atoms with Crippen LogP contribution in [0.3, 0.4) is 0 Å². The van der Waals surface area contributed by atoms with E-state index in [-0.39, 0.29) is 36.6 Å². The topological polar surface area (TPSA) is 91.9 Å². The minimum atomic E-state index is -2.98. The van der Waals surface area contributed by atoms with Crippen molar-refractivity contribution in [1.29, 1.82) is 0 Å². The smallest absolute Gasteiger partial charge is 0.148 e. The van der Waals surface area contributed by atoms with E-state index in [2.05, 4.69) is 39.0 Å². The molecule has 3 N–H and O–H groups in total. The van der Waals surface area contributed by atoms with Gasteiger partial charge in [0.15, 0.2) is 0 Å². The fourth-order valence-electron chi connectivity index (χ4n) is 5.19. The molecular formula is C30H36ClFN4O4S. The number of benzene rings is 3. The van der Waals surface area contributed by atoms with Gasteiger partial charge in [0, 0.05) is 43.3 Å². The first-order valence-corrected chi connectivity index (χ1v) is 16.1. The third-order valence-electron chi connectivity index (χ3n) is 7.33. The monoisotopic (exact) mass is 602 g/mol. The maximum atomic E-state index is 13.5. The van der Waals surface area contributed by atoms with Crippen molar-refractivity contribution in [2.24, 2.45) is 0 Å². The number of hydrogen-bond donors (Lipinski definition) is 3. The molecule has 0 radical (unpaired) electrons. The molecule has 3 unspecified atom stereocenters. The summed E-state index contributed by atoms with van der Waals surface area (Å²) in [4.78, 5) is 2.16. The molecule has 3 aromatic rings. The number of rotatable bonds is 11. The summed E-state index contributed by atoms with van der Waals surface area (Å²) in [6.07, 6.45) is 2.96. The lowest BCUT2D eigenvalue weighted by atomic mass is 9.99. The van der Waals surface area contributed by atoms with Crippen LogP contribution in [0.2, 0.25) is 5.02 Å². The van der Waals surface area contributed by atoms with Crippen LogP contribution >= 0.6 is 11.6 Å². The van der Waals surface area contributed by atoms with Gasteiger partial charge < -0.3 is 25.0 Å². The molecule has 0 aliphatic carbocycles. The van der Waals surface area contributed by atoms with Crippen LogP contribution in [-0.4, -0.2) is 53.3 Å². The van der Waals surface area contributed by atoms with Gasteiger partial charge in [-0.05, 0) is 66.4 Å². The van der Waals surface area contributed by atoms with Crippen LogP contribution in [0.1, 0.15) is 41.8 Å². The van der Waals surface area contributed by atoms with E-state index in [0.29, 0.717) is 30.5 Å². The number of hydrogen-bond acceptors (Lipinski definition) is 8. The van der Waals surface area contributed by atoms with Crippen molar-refractivity contribution in [3.63, 3.8) is 0 Å². The molecule has 0 aromatic heterocycles. The zero-order chi connectivity index (χ0) is 29.0. The predicted octanol–water partition coefficient (Wildman–Crippen LogP) is 5.02. The highest BCUT2D eigenvalue weighted by Crippen LogP contribution is 2.38. The number of nitrogens with one attached hydrogen (secondary N) is 3. The number of fused-ring (bicyclic) bond motifs is 1. The summed E-state index contributed by atoms with van der Waals surface area (Å²) < 4.78 is 48.3. The van der Waals surface area contributed by atoms with Gasteiger partial charge >= 0.3 is 0 Å². The highest BCUT2D eigenvalue weighted by atomic mass is 35.5. The summed E-state index contributed by atoms with van der Waals surface area (Å²) in [5.74, 6) is 0.349. The van der Waals surface area contributed by atoms with Crippen molar-refractivity contribution in [2.45, 2.75) is 37.8 Å². The first kappa shape index (κ1) is 29.6. The van der Waals surface area contributed by atoms with E-state index in [1.165, 1.54) is 18.4 Å². The quantitative estimate of drug-likeness (QED) is 0.264. The average Bonchev–Trinajstić information content (AvgIpc) is 3.41. The van der Waals surface area contributed by atoms with Crippen molar-refractivity contribution in [2.75, 3.05) is 49.0 Å². The Kier molecular flexibility index (Phi) is 9.35. The van der Waals surface area contributed by atoms with Crippen LogP contribution in [0.15, 0.2) is 60.7 Å². The summed E-state index contributed by atoms with van der Waals surface area (Å²) >= 11 is 6.54. The van der Waals surface area contributed by atoms with Crippen LogP contribution in [0.4, 0.5) is 15.8 Å². The minimum absolute atomic E-state index is 0.0149. The van der Waals surface area contributed by atoms with E-state index in [1.807, 2.05) is 25.2 Å². The Balaban J connectivity index is 1.23. The molecule has 8 nitrogen and oxygen atoms in total. The van der Waals surface area contributed by atoms with Crippen LogP contribution in [0, 0.1) is 5.82 Å². The number of sulfone groups is 1. The molecule has 3 atom stereocenters. The van der Waals surface area contributed by atoms with Crippen LogP contribution in [0.25, 0.3) is 0 Å². The highest BCUT2D eigenvalue weighted by molar-refractivity contribution is 7.90. The van der Waals surface area contributed by atoms with Gasteiger partial charge in [-0.15, -0.1) is 0 Å². The van der Waals surface area contributed by atoms with E-state index in [9.17, 15) is 12.8 Å². The average molecular weight is 603 g/mol. The molecule has 2 aliphatic rings. The summed E-state index contributed by atoms with van der Waals surface area (Å²) in [5.41, 5.74) is 4.92. The maximum Gasteiger partial charge on any atom is 0.148 e. The fourth-order valence-corrected chi connectivity index (χ4v) is 5.94. The summed E-state index contributed by atoms with van der Waals surface area (Å²) in [5, 5.41) is 10.8. The second-order valence-corrected chi connectivity index (χ2v) is 13.3. The third kappa shape index (κ3) is 7.90. The number of nitrogens with zero attached hydrogens (tertiary/aromatic N) is 1. The molecule has 1 fully saturated rings. The van der Waals surface area contributed by atoms with E-state index in [1.54, 1.807) is 12.1 Å². The molecule has 2 heterocycles. The first-order chi connectivity index (χ1) is 19.6. The largest absolute Gasteiger partial charge is 0.487 e. The summed E-state index contributed by atoms with van der Waals surface area (Å²) in [6, 6.07) is 18.3. The number of anilines is 2. The van der Waals surface area contributed by atoms with Crippen molar-refractivity contribution in [3.05, 3.63) is 88.2 Å².